The molecule has 31 heavy (non-hydrogen) atoms. The van der Waals surface area contributed by atoms with Crippen molar-refractivity contribution in [2.75, 3.05) is 10.2 Å². The molecular weight excluding hydrogens is 392 g/mol. The Kier molecular flexibility index (Phi) is 6.65. The number of aryl methyl sites for hydroxylation is 1. The second kappa shape index (κ2) is 9.77. The van der Waals surface area contributed by atoms with Crippen LogP contribution in [0.2, 0.25) is 0 Å². The molecule has 162 valence electrons. The predicted molar refractivity (Wildman–Crippen MR) is 119 cm³/mol. The molecule has 3 amide bonds. The second-order valence-electron chi connectivity index (χ2n) is 8.24. The van der Waals surface area contributed by atoms with Crippen LogP contribution in [0, 0.1) is 0 Å². The fraction of sp³-hybridized carbons (Fsp3) is 0.400. The molecule has 0 radical (unpaired) electrons. The first-order valence-corrected chi connectivity index (χ1v) is 11.1. The Bertz CT molecular complexity index is 932. The number of nitrogens with zero attached hydrogens (tertiary/aromatic N) is 1. The lowest BCUT2D eigenvalue weighted by atomic mass is 10.1. The standard InChI is InChI=1S/C25H28N2O4/c28-23(16-11-18-5-3-8-22(17-18)31-21-6-1-2-7-21)26-19-12-14-20(15-13-19)27-24(29)9-4-10-25(27)30/h3,5,8,12-15,17,21H,1-2,4,6-7,9-11,16H2,(H,26,28). The second-order valence-corrected chi connectivity index (χ2v) is 8.24. The van der Waals surface area contributed by atoms with E-state index in [1.54, 1.807) is 24.3 Å². The van der Waals surface area contributed by atoms with Crippen LogP contribution in [0.4, 0.5) is 11.4 Å². The summed E-state index contributed by atoms with van der Waals surface area (Å²) in [5.41, 5.74) is 2.26. The Morgan fingerprint density at radius 3 is 2.39 bits per heavy atom. The Morgan fingerprint density at radius 2 is 1.68 bits per heavy atom. The highest BCUT2D eigenvalue weighted by Crippen LogP contribution is 2.26. The summed E-state index contributed by atoms with van der Waals surface area (Å²) in [4.78, 5) is 37.7. The van der Waals surface area contributed by atoms with E-state index in [1.807, 2.05) is 24.3 Å². The zero-order chi connectivity index (χ0) is 21.6. The lowest BCUT2D eigenvalue weighted by molar-refractivity contribution is -0.129. The topological polar surface area (TPSA) is 75.7 Å². The van der Waals surface area contributed by atoms with Gasteiger partial charge in [0.15, 0.2) is 0 Å². The predicted octanol–water partition coefficient (Wildman–Crippen LogP) is 4.62. The van der Waals surface area contributed by atoms with E-state index in [9.17, 15) is 14.4 Å². The minimum Gasteiger partial charge on any atom is -0.490 e. The molecular formula is C25H28N2O4. The first-order chi connectivity index (χ1) is 15.1. The van der Waals surface area contributed by atoms with Crippen LogP contribution in [0.15, 0.2) is 48.5 Å². The van der Waals surface area contributed by atoms with Crippen molar-refractivity contribution < 1.29 is 19.1 Å². The summed E-state index contributed by atoms with van der Waals surface area (Å²) < 4.78 is 6.04. The minimum absolute atomic E-state index is 0.0833. The van der Waals surface area contributed by atoms with E-state index >= 15 is 0 Å². The molecule has 6 nitrogen and oxygen atoms in total. The van der Waals surface area contributed by atoms with Crippen LogP contribution in [-0.2, 0) is 20.8 Å². The highest BCUT2D eigenvalue weighted by molar-refractivity contribution is 6.16. The van der Waals surface area contributed by atoms with Gasteiger partial charge in [0.2, 0.25) is 17.7 Å². The van der Waals surface area contributed by atoms with Gasteiger partial charge in [-0.1, -0.05) is 12.1 Å². The zero-order valence-corrected chi connectivity index (χ0v) is 17.6. The summed E-state index contributed by atoms with van der Waals surface area (Å²) in [5.74, 6) is 0.446. The normalized spacial score (nSPS) is 17.1. The smallest absolute Gasteiger partial charge is 0.233 e. The lowest BCUT2D eigenvalue weighted by Gasteiger charge is -2.24. The number of piperidine rings is 1. The van der Waals surface area contributed by atoms with Gasteiger partial charge in [0.1, 0.15) is 5.75 Å². The average Bonchev–Trinajstić information content (AvgIpc) is 3.27. The number of rotatable bonds is 7. The van der Waals surface area contributed by atoms with Crippen molar-refractivity contribution in [3.63, 3.8) is 0 Å². The molecule has 0 spiro atoms. The lowest BCUT2D eigenvalue weighted by Crippen LogP contribution is -2.40. The van der Waals surface area contributed by atoms with Crippen LogP contribution < -0.4 is 15.0 Å². The molecule has 2 aromatic rings. The van der Waals surface area contributed by atoms with Crippen LogP contribution in [0.1, 0.15) is 56.9 Å². The van der Waals surface area contributed by atoms with Gasteiger partial charge in [0.25, 0.3) is 0 Å². The molecule has 0 unspecified atom stereocenters. The van der Waals surface area contributed by atoms with Crippen LogP contribution in [0.3, 0.4) is 0 Å². The summed E-state index contributed by atoms with van der Waals surface area (Å²) in [6.07, 6.45) is 7.38. The molecule has 1 heterocycles. The molecule has 0 bridgehead atoms. The molecule has 2 aliphatic rings. The molecule has 1 N–H and O–H groups in total. The highest BCUT2D eigenvalue weighted by Gasteiger charge is 2.27. The summed E-state index contributed by atoms with van der Waals surface area (Å²) in [6.45, 7) is 0. The van der Waals surface area contributed by atoms with Gasteiger partial charge in [-0.3, -0.25) is 19.3 Å². The number of benzene rings is 2. The third-order valence-corrected chi connectivity index (χ3v) is 5.83. The number of ether oxygens (including phenoxy) is 1. The number of hydrogen-bond acceptors (Lipinski definition) is 4. The van der Waals surface area contributed by atoms with E-state index < -0.39 is 0 Å². The van der Waals surface area contributed by atoms with E-state index in [2.05, 4.69) is 5.32 Å². The van der Waals surface area contributed by atoms with Gasteiger partial charge in [-0.25, -0.2) is 0 Å². The molecule has 1 aliphatic carbocycles. The van der Waals surface area contributed by atoms with Gasteiger partial charge < -0.3 is 10.1 Å². The molecule has 1 saturated heterocycles. The van der Waals surface area contributed by atoms with Crippen molar-refractivity contribution in [3.05, 3.63) is 54.1 Å². The van der Waals surface area contributed by atoms with Crippen LogP contribution >= 0.6 is 0 Å². The van der Waals surface area contributed by atoms with Crippen LogP contribution in [-0.4, -0.2) is 23.8 Å². The Morgan fingerprint density at radius 1 is 0.968 bits per heavy atom. The average molecular weight is 421 g/mol. The number of anilines is 2. The summed E-state index contributed by atoms with van der Waals surface area (Å²) in [6, 6.07) is 14.8. The van der Waals surface area contributed by atoms with Gasteiger partial charge in [-0.2, -0.15) is 0 Å². The van der Waals surface area contributed by atoms with Gasteiger partial charge in [-0.15, -0.1) is 0 Å². The number of imide groups is 1. The van der Waals surface area contributed by atoms with Gasteiger partial charge in [0.05, 0.1) is 11.8 Å². The molecule has 0 atom stereocenters. The largest absolute Gasteiger partial charge is 0.490 e. The number of carbonyl (C=O) groups excluding carboxylic acids is 3. The highest BCUT2D eigenvalue weighted by atomic mass is 16.5. The van der Waals surface area contributed by atoms with Gasteiger partial charge in [0, 0.05) is 24.9 Å². The fourth-order valence-electron chi connectivity index (χ4n) is 4.19. The number of amides is 3. The summed E-state index contributed by atoms with van der Waals surface area (Å²) >= 11 is 0. The number of hydrogen-bond donors (Lipinski definition) is 1. The van der Waals surface area contributed by atoms with E-state index in [0.717, 1.165) is 24.2 Å². The number of nitrogens with one attached hydrogen (secondary N) is 1. The van der Waals surface area contributed by atoms with E-state index in [4.69, 9.17) is 4.74 Å². The van der Waals surface area contributed by atoms with Gasteiger partial charge >= 0.3 is 0 Å². The van der Waals surface area contributed by atoms with Crippen molar-refractivity contribution in [2.24, 2.45) is 0 Å². The van der Waals surface area contributed by atoms with Crippen molar-refractivity contribution in [1.29, 1.82) is 0 Å². The van der Waals surface area contributed by atoms with Crippen molar-refractivity contribution in [2.45, 2.75) is 63.9 Å². The molecule has 2 fully saturated rings. The fourth-order valence-corrected chi connectivity index (χ4v) is 4.19. The zero-order valence-electron chi connectivity index (χ0n) is 17.6. The van der Waals surface area contributed by atoms with Crippen LogP contribution in [0.5, 0.6) is 5.75 Å². The molecule has 0 aromatic heterocycles. The first-order valence-electron chi connectivity index (χ1n) is 11.1. The molecule has 1 aliphatic heterocycles. The van der Waals surface area contributed by atoms with Crippen LogP contribution in [0.25, 0.3) is 0 Å². The van der Waals surface area contributed by atoms with E-state index in [-0.39, 0.29) is 17.7 Å². The molecule has 6 heteroatoms. The SMILES string of the molecule is O=C(CCc1cccc(OC2CCCC2)c1)Nc1ccc(N2C(=O)CCCC2=O)cc1. The van der Waals surface area contributed by atoms with Crippen molar-refractivity contribution >= 4 is 29.1 Å². The monoisotopic (exact) mass is 420 g/mol. The Labute approximate surface area is 182 Å². The Balaban J connectivity index is 1.29. The third kappa shape index (κ3) is 5.51. The molecule has 2 aromatic carbocycles. The maximum absolute atomic E-state index is 12.4. The van der Waals surface area contributed by atoms with Crippen molar-refractivity contribution in [1.82, 2.24) is 0 Å². The Hall–Kier alpha value is -3.15. The van der Waals surface area contributed by atoms with Crippen molar-refractivity contribution in [3.8, 4) is 5.75 Å². The maximum atomic E-state index is 12.4. The summed E-state index contributed by atoms with van der Waals surface area (Å²) in [5, 5.41) is 2.88. The van der Waals surface area contributed by atoms with Gasteiger partial charge in [-0.05, 0) is 80.5 Å². The number of carbonyl (C=O) groups is 3. The molecule has 4 rings (SSSR count). The first kappa shape index (κ1) is 21.1. The quantitative estimate of drug-likeness (QED) is 0.663. The minimum atomic E-state index is -0.174. The summed E-state index contributed by atoms with van der Waals surface area (Å²) in [7, 11) is 0. The van der Waals surface area contributed by atoms with E-state index in [0.29, 0.717) is 49.6 Å². The maximum Gasteiger partial charge on any atom is 0.233 e. The third-order valence-electron chi connectivity index (χ3n) is 5.83. The van der Waals surface area contributed by atoms with E-state index in [1.165, 1.54) is 17.7 Å². The molecule has 1 saturated carbocycles.